The second-order valence-electron chi connectivity index (χ2n) is 8.06. The first-order chi connectivity index (χ1) is 16.9. The Balaban J connectivity index is 1.38. The molecule has 0 aliphatic carbocycles. The third-order valence-corrected chi connectivity index (χ3v) is 7.65. The maximum absolute atomic E-state index is 13.2. The number of nitrogens with zero attached hydrogens (tertiary/aromatic N) is 4. The molecule has 4 rings (SSSR count). The normalized spacial score (nSPS) is 14.6. The van der Waals surface area contributed by atoms with Crippen molar-refractivity contribution < 1.29 is 22.7 Å². The minimum Gasteiger partial charge on any atom is -0.490 e. The average molecular weight is 499 g/mol. The van der Waals surface area contributed by atoms with Crippen LogP contribution in [0.3, 0.4) is 0 Å². The molecule has 1 aliphatic rings. The Bertz CT molecular complexity index is 1250. The zero-order valence-electron chi connectivity index (χ0n) is 20.0. The number of hydrogen-bond acceptors (Lipinski definition) is 6. The highest BCUT2D eigenvalue weighted by molar-refractivity contribution is 7.89. The molecule has 1 amide bonds. The summed E-state index contributed by atoms with van der Waals surface area (Å²) in [6.45, 7) is 5.67. The summed E-state index contributed by atoms with van der Waals surface area (Å²) >= 11 is 0. The molecule has 0 radical (unpaired) electrons. The monoisotopic (exact) mass is 498 g/mol. The van der Waals surface area contributed by atoms with E-state index in [-0.39, 0.29) is 30.3 Å². The van der Waals surface area contributed by atoms with Gasteiger partial charge in [0.15, 0.2) is 11.5 Å². The van der Waals surface area contributed by atoms with Crippen molar-refractivity contribution in [3.63, 3.8) is 0 Å². The zero-order valence-corrected chi connectivity index (χ0v) is 20.8. The van der Waals surface area contributed by atoms with Crippen molar-refractivity contribution in [1.29, 1.82) is 0 Å². The van der Waals surface area contributed by atoms with Crippen molar-refractivity contribution in [2.75, 3.05) is 39.4 Å². The molecule has 186 valence electrons. The Morgan fingerprint density at radius 3 is 2.31 bits per heavy atom. The SMILES string of the molecule is CCOc1ccc(S(=O)(=O)N2CCN(C(=O)Cc3cnn(-c4ccccc4)c3)CC2)cc1OCC. The summed E-state index contributed by atoms with van der Waals surface area (Å²) in [4.78, 5) is 14.7. The van der Waals surface area contributed by atoms with Crippen molar-refractivity contribution in [2.24, 2.45) is 0 Å². The predicted molar refractivity (Wildman–Crippen MR) is 131 cm³/mol. The Hall–Kier alpha value is -3.37. The number of benzene rings is 2. The van der Waals surface area contributed by atoms with Gasteiger partial charge in [0.05, 0.1) is 36.4 Å². The van der Waals surface area contributed by atoms with E-state index in [1.54, 1.807) is 21.8 Å². The van der Waals surface area contributed by atoms with Gasteiger partial charge in [-0.15, -0.1) is 0 Å². The van der Waals surface area contributed by atoms with Crippen molar-refractivity contribution in [1.82, 2.24) is 19.0 Å². The van der Waals surface area contributed by atoms with Gasteiger partial charge in [0.25, 0.3) is 0 Å². The molecule has 0 bridgehead atoms. The molecule has 0 atom stereocenters. The van der Waals surface area contributed by atoms with Crippen LogP contribution in [0.1, 0.15) is 19.4 Å². The fourth-order valence-corrected chi connectivity index (χ4v) is 5.42. The van der Waals surface area contributed by atoms with Gasteiger partial charge in [-0.25, -0.2) is 13.1 Å². The van der Waals surface area contributed by atoms with Crippen LogP contribution in [0.2, 0.25) is 0 Å². The topological polar surface area (TPSA) is 94.0 Å². The first kappa shape index (κ1) is 24.7. The van der Waals surface area contributed by atoms with Crippen LogP contribution in [-0.2, 0) is 21.2 Å². The maximum Gasteiger partial charge on any atom is 0.243 e. The van der Waals surface area contributed by atoms with Crippen molar-refractivity contribution in [3.8, 4) is 17.2 Å². The van der Waals surface area contributed by atoms with Gasteiger partial charge in [0, 0.05) is 38.4 Å². The fourth-order valence-electron chi connectivity index (χ4n) is 3.98. The summed E-state index contributed by atoms with van der Waals surface area (Å²) in [5.74, 6) is 0.869. The molecule has 1 fully saturated rings. The Kier molecular flexibility index (Phi) is 7.72. The molecule has 10 heteroatoms. The number of sulfonamides is 1. The van der Waals surface area contributed by atoms with Crippen molar-refractivity contribution >= 4 is 15.9 Å². The lowest BCUT2D eigenvalue weighted by Gasteiger charge is -2.34. The summed E-state index contributed by atoms with van der Waals surface area (Å²) in [6.07, 6.45) is 3.75. The van der Waals surface area contributed by atoms with E-state index >= 15 is 0 Å². The quantitative estimate of drug-likeness (QED) is 0.450. The summed E-state index contributed by atoms with van der Waals surface area (Å²) in [7, 11) is -3.72. The Morgan fingerprint density at radius 2 is 1.63 bits per heavy atom. The number of aromatic nitrogens is 2. The van der Waals surface area contributed by atoms with E-state index in [4.69, 9.17) is 9.47 Å². The van der Waals surface area contributed by atoms with Crippen LogP contribution in [-0.4, -0.2) is 72.7 Å². The zero-order chi connectivity index (χ0) is 24.8. The van der Waals surface area contributed by atoms with Crippen LogP contribution in [0, 0.1) is 0 Å². The standard InChI is InChI=1S/C25H30N4O5S/c1-3-33-23-11-10-22(17-24(23)34-4-2)35(31,32)28-14-12-27(13-15-28)25(30)16-20-18-26-29(19-20)21-8-6-5-7-9-21/h5-11,17-19H,3-4,12-16H2,1-2H3. The summed E-state index contributed by atoms with van der Waals surface area (Å²) < 4.78 is 40.7. The highest BCUT2D eigenvalue weighted by Gasteiger charge is 2.31. The first-order valence-corrected chi connectivity index (χ1v) is 13.1. The van der Waals surface area contributed by atoms with E-state index in [0.717, 1.165) is 11.3 Å². The van der Waals surface area contributed by atoms with Gasteiger partial charge in [-0.1, -0.05) is 18.2 Å². The molecule has 1 aliphatic heterocycles. The Labute approximate surface area is 205 Å². The second-order valence-corrected chi connectivity index (χ2v) is 10.0. The van der Waals surface area contributed by atoms with E-state index < -0.39 is 10.0 Å². The van der Waals surface area contributed by atoms with E-state index in [0.29, 0.717) is 37.8 Å². The number of para-hydroxylation sites is 1. The molecule has 0 N–H and O–H groups in total. The van der Waals surface area contributed by atoms with Gasteiger partial charge < -0.3 is 14.4 Å². The number of piperazine rings is 1. The van der Waals surface area contributed by atoms with Crippen LogP contribution in [0.5, 0.6) is 11.5 Å². The molecule has 1 aromatic heterocycles. The van der Waals surface area contributed by atoms with Gasteiger partial charge in [-0.05, 0) is 43.7 Å². The highest BCUT2D eigenvalue weighted by atomic mass is 32.2. The maximum atomic E-state index is 13.2. The van der Waals surface area contributed by atoms with Gasteiger partial charge in [0.2, 0.25) is 15.9 Å². The fraction of sp³-hybridized carbons (Fsp3) is 0.360. The van der Waals surface area contributed by atoms with Crippen molar-refractivity contribution in [3.05, 3.63) is 66.5 Å². The summed E-state index contributed by atoms with van der Waals surface area (Å²) in [5.41, 5.74) is 1.73. The average Bonchev–Trinajstić information content (AvgIpc) is 3.34. The highest BCUT2D eigenvalue weighted by Crippen LogP contribution is 2.31. The number of hydrogen-bond donors (Lipinski definition) is 0. The number of ether oxygens (including phenoxy) is 2. The van der Waals surface area contributed by atoms with E-state index in [1.165, 1.54) is 16.4 Å². The van der Waals surface area contributed by atoms with Gasteiger partial charge >= 0.3 is 0 Å². The predicted octanol–water partition coefficient (Wildman–Crippen LogP) is 2.75. The number of rotatable bonds is 9. The van der Waals surface area contributed by atoms with E-state index in [1.807, 2.05) is 50.4 Å². The summed E-state index contributed by atoms with van der Waals surface area (Å²) in [5, 5.41) is 4.34. The smallest absolute Gasteiger partial charge is 0.243 e. The van der Waals surface area contributed by atoms with Crippen LogP contribution in [0.15, 0.2) is 65.8 Å². The molecule has 1 saturated heterocycles. The van der Waals surface area contributed by atoms with Crippen LogP contribution in [0.25, 0.3) is 5.69 Å². The van der Waals surface area contributed by atoms with E-state index in [2.05, 4.69) is 5.10 Å². The second kappa shape index (κ2) is 10.9. The lowest BCUT2D eigenvalue weighted by molar-refractivity contribution is -0.131. The molecule has 9 nitrogen and oxygen atoms in total. The lowest BCUT2D eigenvalue weighted by Crippen LogP contribution is -2.50. The number of amides is 1. The molecule has 0 unspecified atom stereocenters. The number of carbonyl (C=O) groups excluding carboxylic acids is 1. The molecule has 3 aromatic rings. The molecule has 35 heavy (non-hydrogen) atoms. The third kappa shape index (κ3) is 5.66. The molecular formula is C25H30N4O5S. The molecule has 2 aromatic carbocycles. The molecule has 2 heterocycles. The largest absolute Gasteiger partial charge is 0.490 e. The summed E-state index contributed by atoms with van der Waals surface area (Å²) in [6, 6.07) is 14.3. The van der Waals surface area contributed by atoms with E-state index in [9.17, 15) is 13.2 Å². The lowest BCUT2D eigenvalue weighted by atomic mass is 10.2. The minimum atomic E-state index is -3.72. The van der Waals surface area contributed by atoms with Gasteiger partial charge in [-0.3, -0.25) is 4.79 Å². The Morgan fingerprint density at radius 1 is 0.943 bits per heavy atom. The van der Waals surface area contributed by atoms with Crippen LogP contribution >= 0.6 is 0 Å². The molecular weight excluding hydrogens is 468 g/mol. The molecule has 0 spiro atoms. The number of carbonyl (C=O) groups is 1. The van der Waals surface area contributed by atoms with Gasteiger partial charge in [-0.2, -0.15) is 9.40 Å². The van der Waals surface area contributed by atoms with Gasteiger partial charge in [0.1, 0.15) is 0 Å². The molecule has 0 saturated carbocycles. The van der Waals surface area contributed by atoms with Crippen LogP contribution in [0.4, 0.5) is 0 Å². The minimum absolute atomic E-state index is 0.0469. The first-order valence-electron chi connectivity index (χ1n) is 11.7. The third-order valence-electron chi connectivity index (χ3n) is 5.76. The van der Waals surface area contributed by atoms with Crippen LogP contribution < -0.4 is 9.47 Å². The van der Waals surface area contributed by atoms with Crippen molar-refractivity contribution in [2.45, 2.75) is 25.2 Å².